The minimum absolute atomic E-state index is 0.0264. The molecule has 1 aromatic carbocycles. The summed E-state index contributed by atoms with van der Waals surface area (Å²) >= 11 is 0. The molecular formula is C15H13FN6O3. The Morgan fingerprint density at radius 3 is 2.80 bits per heavy atom. The lowest BCUT2D eigenvalue weighted by Crippen LogP contribution is -2.18. The Labute approximate surface area is 140 Å². The lowest BCUT2D eigenvalue weighted by atomic mass is 10.2. The van der Waals surface area contributed by atoms with Crippen molar-refractivity contribution in [2.24, 2.45) is 7.05 Å². The van der Waals surface area contributed by atoms with Gasteiger partial charge in [-0.2, -0.15) is 5.10 Å². The first-order valence-electron chi connectivity index (χ1n) is 7.15. The van der Waals surface area contributed by atoms with Crippen LogP contribution in [0.1, 0.15) is 26.4 Å². The van der Waals surface area contributed by atoms with E-state index < -0.39 is 11.9 Å². The van der Waals surface area contributed by atoms with E-state index in [0.717, 1.165) is 10.9 Å². The van der Waals surface area contributed by atoms with Gasteiger partial charge in [0, 0.05) is 12.6 Å². The molecule has 0 unspecified atom stereocenters. The molecule has 2 aromatic heterocycles. The van der Waals surface area contributed by atoms with E-state index in [2.05, 4.69) is 20.5 Å². The van der Waals surface area contributed by atoms with E-state index in [1.165, 1.54) is 24.1 Å². The molecule has 0 saturated heterocycles. The number of benzene rings is 1. The van der Waals surface area contributed by atoms with E-state index >= 15 is 0 Å². The number of aromatic nitrogens is 5. The van der Waals surface area contributed by atoms with Crippen molar-refractivity contribution in [1.29, 1.82) is 0 Å². The summed E-state index contributed by atoms with van der Waals surface area (Å²) in [5.41, 5.74) is 0.0643. The van der Waals surface area contributed by atoms with Gasteiger partial charge < -0.3 is 5.11 Å². The third-order valence-corrected chi connectivity index (χ3v) is 3.44. The molecule has 0 bridgehead atoms. The van der Waals surface area contributed by atoms with Crippen LogP contribution in [0.5, 0.6) is 0 Å². The third kappa shape index (κ3) is 3.37. The van der Waals surface area contributed by atoms with Gasteiger partial charge in [-0.05, 0) is 6.07 Å². The summed E-state index contributed by atoms with van der Waals surface area (Å²) in [6.45, 7) is 0.142. The first-order chi connectivity index (χ1) is 12.0. The minimum atomic E-state index is -1.27. The predicted octanol–water partition coefficient (Wildman–Crippen LogP) is 1.15. The molecule has 0 saturated carbocycles. The van der Waals surface area contributed by atoms with Gasteiger partial charge in [-0.3, -0.25) is 14.8 Å². The number of nitrogens with one attached hydrogen (secondary N) is 1. The summed E-state index contributed by atoms with van der Waals surface area (Å²) in [5, 5.41) is 19.3. The number of hydrogen-bond acceptors (Lipinski definition) is 5. The zero-order valence-electron chi connectivity index (χ0n) is 13.0. The Kier molecular flexibility index (Phi) is 4.25. The number of hydrogen-bond donors (Lipinski definition) is 2. The molecule has 0 spiro atoms. The average Bonchev–Trinajstić information content (AvgIpc) is 3.16. The molecule has 0 aliphatic rings. The molecule has 25 heavy (non-hydrogen) atoms. The van der Waals surface area contributed by atoms with Gasteiger partial charge in [-0.25, -0.2) is 18.9 Å². The molecule has 0 fully saturated rings. The molecule has 1 amide bonds. The summed E-state index contributed by atoms with van der Waals surface area (Å²) in [6.07, 6.45) is 2.48. The smallest absolute Gasteiger partial charge is 0.354 e. The average molecular weight is 344 g/mol. The summed E-state index contributed by atoms with van der Waals surface area (Å²) in [7, 11) is 1.42. The van der Waals surface area contributed by atoms with Crippen molar-refractivity contribution >= 4 is 17.8 Å². The molecule has 0 radical (unpaired) electrons. The van der Waals surface area contributed by atoms with Crippen LogP contribution in [-0.2, 0) is 13.6 Å². The van der Waals surface area contributed by atoms with Gasteiger partial charge in [0.15, 0.2) is 5.69 Å². The van der Waals surface area contributed by atoms with Crippen molar-refractivity contribution in [3.8, 4) is 0 Å². The van der Waals surface area contributed by atoms with Crippen LogP contribution in [0.2, 0.25) is 0 Å². The van der Waals surface area contributed by atoms with Gasteiger partial charge in [0.2, 0.25) is 5.95 Å². The Bertz CT molecular complexity index is 948. The fraction of sp³-hybridized carbons (Fsp3) is 0.133. The lowest BCUT2D eigenvalue weighted by Gasteiger charge is -2.03. The number of amides is 1. The van der Waals surface area contributed by atoms with Crippen LogP contribution in [-0.4, -0.2) is 41.5 Å². The van der Waals surface area contributed by atoms with Gasteiger partial charge in [-0.15, -0.1) is 5.10 Å². The summed E-state index contributed by atoms with van der Waals surface area (Å²) < 4.78 is 16.1. The fourth-order valence-electron chi connectivity index (χ4n) is 2.26. The molecule has 128 valence electrons. The lowest BCUT2D eigenvalue weighted by molar-refractivity contribution is 0.0680. The van der Waals surface area contributed by atoms with Gasteiger partial charge in [-0.1, -0.05) is 18.2 Å². The molecule has 9 nitrogen and oxygen atoms in total. The van der Waals surface area contributed by atoms with E-state index in [1.54, 1.807) is 18.2 Å². The largest absolute Gasteiger partial charge is 0.477 e. The van der Waals surface area contributed by atoms with Crippen LogP contribution in [0.25, 0.3) is 0 Å². The topological polar surface area (TPSA) is 115 Å². The highest BCUT2D eigenvalue weighted by Gasteiger charge is 2.22. The van der Waals surface area contributed by atoms with Crippen molar-refractivity contribution in [3.05, 3.63) is 59.4 Å². The second-order valence-corrected chi connectivity index (χ2v) is 5.15. The monoisotopic (exact) mass is 344 g/mol. The van der Waals surface area contributed by atoms with Gasteiger partial charge in [0.25, 0.3) is 5.91 Å². The number of anilines is 1. The predicted molar refractivity (Wildman–Crippen MR) is 83.6 cm³/mol. The molecule has 2 N–H and O–H groups in total. The highest BCUT2D eigenvalue weighted by molar-refractivity contribution is 6.09. The SMILES string of the molecule is Cn1ncc(C(=O)Nc2ncn(Cc3ccccc3F)n2)c1C(=O)O. The number of rotatable bonds is 5. The van der Waals surface area contributed by atoms with Crippen molar-refractivity contribution in [2.45, 2.75) is 6.54 Å². The Morgan fingerprint density at radius 2 is 2.08 bits per heavy atom. The molecule has 3 rings (SSSR count). The van der Waals surface area contributed by atoms with E-state index in [-0.39, 0.29) is 29.6 Å². The zero-order chi connectivity index (χ0) is 18.0. The van der Waals surface area contributed by atoms with Gasteiger partial charge in [0.1, 0.15) is 12.1 Å². The number of carbonyl (C=O) groups is 2. The number of aromatic carboxylic acids is 1. The van der Waals surface area contributed by atoms with Crippen LogP contribution in [0, 0.1) is 5.82 Å². The van der Waals surface area contributed by atoms with Crippen molar-refractivity contribution in [3.63, 3.8) is 0 Å². The Hall–Kier alpha value is -3.56. The number of halogens is 1. The molecule has 0 atom stereocenters. The summed E-state index contributed by atoms with van der Waals surface area (Å²) in [6, 6.07) is 6.24. The van der Waals surface area contributed by atoms with Crippen LogP contribution in [0.15, 0.2) is 36.8 Å². The molecule has 2 heterocycles. The first-order valence-corrected chi connectivity index (χ1v) is 7.15. The van der Waals surface area contributed by atoms with Gasteiger partial charge in [0.05, 0.1) is 18.3 Å². The number of nitrogens with zero attached hydrogens (tertiary/aromatic N) is 5. The number of aryl methyl sites for hydroxylation is 1. The Morgan fingerprint density at radius 1 is 1.32 bits per heavy atom. The van der Waals surface area contributed by atoms with Crippen LogP contribution in [0.3, 0.4) is 0 Å². The summed E-state index contributed by atoms with van der Waals surface area (Å²) in [5.74, 6) is -2.37. The second-order valence-electron chi connectivity index (χ2n) is 5.15. The maximum absolute atomic E-state index is 13.6. The molecule has 0 aliphatic carbocycles. The van der Waals surface area contributed by atoms with Crippen molar-refractivity contribution < 1.29 is 19.1 Å². The van der Waals surface area contributed by atoms with Crippen LogP contribution < -0.4 is 5.32 Å². The fourth-order valence-corrected chi connectivity index (χ4v) is 2.26. The molecule has 0 aliphatic heterocycles. The van der Waals surface area contributed by atoms with Gasteiger partial charge >= 0.3 is 5.97 Å². The van der Waals surface area contributed by atoms with Crippen LogP contribution in [0.4, 0.5) is 10.3 Å². The zero-order valence-corrected chi connectivity index (χ0v) is 13.0. The normalized spacial score (nSPS) is 10.6. The van der Waals surface area contributed by atoms with Crippen molar-refractivity contribution in [1.82, 2.24) is 24.5 Å². The third-order valence-electron chi connectivity index (χ3n) is 3.44. The second kappa shape index (κ2) is 6.51. The maximum Gasteiger partial charge on any atom is 0.354 e. The van der Waals surface area contributed by atoms with Crippen molar-refractivity contribution in [2.75, 3.05) is 5.32 Å². The standard InChI is InChI=1S/C15H13FN6O3/c1-21-12(14(24)25)10(6-18-21)13(23)19-15-17-8-22(20-15)7-9-4-2-3-5-11(9)16/h2-6,8H,7H2,1H3,(H,24,25)(H,19,20,23). The molecular weight excluding hydrogens is 331 g/mol. The minimum Gasteiger partial charge on any atom is -0.477 e. The van der Waals surface area contributed by atoms with Crippen LogP contribution >= 0.6 is 0 Å². The van der Waals surface area contributed by atoms with E-state index in [1.807, 2.05) is 0 Å². The maximum atomic E-state index is 13.6. The highest BCUT2D eigenvalue weighted by Crippen LogP contribution is 2.11. The van der Waals surface area contributed by atoms with E-state index in [4.69, 9.17) is 5.11 Å². The highest BCUT2D eigenvalue weighted by atomic mass is 19.1. The van der Waals surface area contributed by atoms with E-state index in [0.29, 0.717) is 5.56 Å². The van der Waals surface area contributed by atoms with E-state index in [9.17, 15) is 14.0 Å². The summed E-state index contributed by atoms with van der Waals surface area (Å²) in [4.78, 5) is 27.3. The molecule has 10 heteroatoms. The number of carboxylic acids is 1. The number of carboxylic acid groups (broad SMARTS) is 1. The Balaban J connectivity index is 1.75. The number of carbonyl (C=O) groups excluding carboxylic acids is 1. The first kappa shape index (κ1) is 16.3. The quantitative estimate of drug-likeness (QED) is 0.717. The molecule has 3 aromatic rings.